The third-order valence-electron chi connectivity index (χ3n) is 3.70. The zero-order valence-corrected chi connectivity index (χ0v) is 11.8. The number of anilines is 1. The molecule has 0 saturated heterocycles. The normalized spacial score (nSPS) is 22.9. The summed E-state index contributed by atoms with van der Waals surface area (Å²) in [5.41, 5.74) is 2.11. The van der Waals surface area contributed by atoms with Gasteiger partial charge in [0.25, 0.3) is 0 Å². The van der Waals surface area contributed by atoms with E-state index in [0.717, 1.165) is 32.1 Å². The van der Waals surface area contributed by atoms with Crippen LogP contribution in [0.25, 0.3) is 0 Å². The minimum absolute atomic E-state index is 0.0907. The Labute approximate surface area is 121 Å². The monoisotopic (exact) mass is 304 g/mol. The van der Waals surface area contributed by atoms with Gasteiger partial charge in [0, 0.05) is 6.07 Å². The summed E-state index contributed by atoms with van der Waals surface area (Å²) in [5, 5.41) is 0. The fourth-order valence-electron chi connectivity index (χ4n) is 2.58. The Morgan fingerprint density at radius 3 is 2.76 bits per heavy atom. The summed E-state index contributed by atoms with van der Waals surface area (Å²) in [7, 11) is 0. The third kappa shape index (κ3) is 4.20. The van der Waals surface area contributed by atoms with Crippen LogP contribution in [0.3, 0.4) is 0 Å². The average Bonchev–Trinajstić information content (AvgIpc) is 2.46. The van der Waals surface area contributed by atoms with Crippen LogP contribution < -0.4 is 16.0 Å². The van der Waals surface area contributed by atoms with Gasteiger partial charge in [0.15, 0.2) is 0 Å². The van der Waals surface area contributed by atoms with E-state index < -0.39 is 12.0 Å². The molecular weight excluding hydrogens is 285 g/mol. The number of nitrogens with zero attached hydrogens (tertiary/aromatic N) is 2. The lowest BCUT2D eigenvalue weighted by Crippen LogP contribution is -2.26. The summed E-state index contributed by atoms with van der Waals surface area (Å²) >= 11 is 0. The van der Waals surface area contributed by atoms with E-state index in [-0.39, 0.29) is 17.8 Å². The van der Waals surface area contributed by atoms with Crippen molar-refractivity contribution in [1.29, 1.82) is 0 Å². The highest BCUT2D eigenvalue weighted by Gasteiger charge is 2.36. The molecule has 1 aliphatic rings. The highest BCUT2D eigenvalue weighted by atomic mass is 19.4. The van der Waals surface area contributed by atoms with Gasteiger partial charge in [-0.3, -0.25) is 0 Å². The van der Waals surface area contributed by atoms with Gasteiger partial charge in [-0.15, -0.1) is 0 Å². The Balaban J connectivity index is 2.15. The molecule has 1 aliphatic carbocycles. The highest BCUT2D eigenvalue weighted by molar-refractivity contribution is 5.37. The first-order chi connectivity index (χ1) is 9.92. The summed E-state index contributed by atoms with van der Waals surface area (Å²) in [5.74, 6) is 4.24. The summed E-state index contributed by atoms with van der Waals surface area (Å²) in [6, 6.07) is 1.28. The second-order valence-electron chi connectivity index (χ2n) is 5.24. The number of halogens is 3. The van der Waals surface area contributed by atoms with E-state index >= 15 is 0 Å². The largest absolute Gasteiger partial charge is 0.474 e. The number of hydrogen-bond donors (Lipinski definition) is 2. The van der Waals surface area contributed by atoms with E-state index in [1.807, 2.05) is 0 Å². The van der Waals surface area contributed by atoms with Crippen molar-refractivity contribution < 1.29 is 17.9 Å². The van der Waals surface area contributed by atoms with E-state index in [0.29, 0.717) is 5.92 Å². The molecule has 1 aromatic rings. The van der Waals surface area contributed by atoms with Crippen LogP contribution in [0.1, 0.15) is 44.9 Å². The van der Waals surface area contributed by atoms with Crippen LogP contribution in [0.2, 0.25) is 0 Å². The van der Waals surface area contributed by atoms with Crippen molar-refractivity contribution in [2.45, 2.75) is 51.3 Å². The van der Waals surface area contributed by atoms with Crippen LogP contribution in [-0.4, -0.2) is 16.1 Å². The lowest BCUT2D eigenvalue weighted by atomic mass is 9.85. The van der Waals surface area contributed by atoms with E-state index in [9.17, 15) is 13.2 Å². The zero-order chi connectivity index (χ0) is 15.5. The first kappa shape index (κ1) is 15.8. The Hall–Kier alpha value is -1.57. The van der Waals surface area contributed by atoms with Crippen LogP contribution >= 0.6 is 0 Å². The minimum Gasteiger partial charge on any atom is -0.474 e. The van der Waals surface area contributed by atoms with Crippen molar-refractivity contribution in [2.24, 2.45) is 11.8 Å². The molecule has 0 spiro atoms. The van der Waals surface area contributed by atoms with Crippen molar-refractivity contribution in [3.63, 3.8) is 0 Å². The number of nitrogens with one attached hydrogen (secondary N) is 1. The molecule has 1 heterocycles. The maximum Gasteiger partial charge on any atom is 0.451 e. The number of alkyl halides is 3. The Morgan fingerprint density at radius 1 is 1.38 bits per heavy atom. The third-order valence-corrected chi connectivity index (χ3v) is 3.70. The number of nitrogen functional groups attached to an aromatic ring is 1. The van der Waals surface area contributed by atoms with Crippen molar-refractivity contribution in [1.82, 2.24) is 9.97 Å². The first-order valence-corrected chi connectivity index (χ1v) is 7.02. The van der Waals surface area contributed by atoms with Crippen LogP contribution in [0, 0.1) is 5.92 Å². The van der Waals surface area contributed by atoms with E-state index in [1.54, 1.807) is 0 Å². The number of nitrogens with two attached hydrogens (primary N) is 1. The molecule has 0 amide bonds. The smallest absolute Gasteiger partial charge is 0.451 e. The highest BCUT2D eigenvalue weighted by Crippen LogP contribution is 2.32. The summed E-state index contributed by atoms with van der Waals surface area (Å²) in [6.45, 7) is 2.11. The fraction of sp³-hybridized carbons (Fsp3) is 0.692. The lowest BCUT2D eigenvalue weighted by Gasteiger charge is -2.28. The molecule has 2 unspecified atom stereocenters. The summed E-state index contributed by atoms with van der Waals surface area (Å²) < 4.78 is 43.8. The molecule has 0 radical (unpaired) electrons. The molecule has 118 valence electrons. The molecule has 1 aromatic heterocycles. The fourth-order valence-corrected chi connectivity index (χ4v) is 2.58. The molecule has 8 heteroatoms. The second kappa shape index (κ2) is 6.46. The standard InChI is InChI=1S/C13H19F3N4O/c1-2-8-4-3-5-9(6-8)21-11-7-10(20-17)18-12(19-11)13(14,15)16/h7-9H,2-6,17H2,1H3,(H,18,19,20). The Bertz CT molecular complexity index is 481. The molecule has 1 saturated carbocycles. The molecule has 0 aliphatic heterocycles. The second-order valence-corrected chi connectivity index (χ2v) is 5.24. The Morgan fingerprint density at radius 2 is 2.14 bits per heavy atom. The van der Waals surface area contributed by atoms with Crippen molar-refractivity contribution in [3.8, 4) is 5.88 Å². The molecule has 21 heavy (non-hydrogen) atoms. The van der Waals surface area contributed by atoms with Gasteiger partial charge < -0.3 is 10.2 Å². The molecule has 2 rings (SSSR count). The van der Waals surface area contributed by atoms with Gasteiger partial charge in [-0.05, 0) is 25.2 Å². The number of ether oxygens (including phenoxy) is 1. The van der Waals surface area contributed by atoms with E-state index in [1.165, 1.54) is 6.07 Å². The maximum absolute atomic E-state index is 12.7. The molecule has 0 aromatic carbocycles. The van der Waals surface area contributed by atoms with Gasteiger partial charge in [0.1, 0.15) is 11.9 Å². The summed E-state index contributed by atoms with van der Waals surface area (Å²) in [4.78, 5) is 6.74. The van der Waals surface area contributed by atoms with Crippen molar-refractivity contribution >= 4 is 5.82 Å². The van der Waals surface area contributed by atoms with Crippen LogP contribution in [-0.2, 0) is 6.18 Å². The lowest BCUT2D eigenvalue weighted by molar-refractivity contribution is -0.145. The number of hydrogen-bond acceptors (Lipinski definition) is 5. The number of hydrazine groups is 1. The first-order valence-electron chi connectivity index (χ1n) is 7.02. The van der Waals surface area contributed by atoms with Gasteiger partial charge in [-0.25, -0.2) is 10.8 Å². The van der Waals surface area contributed by atoms with Gasteiger partial charge in [-0.1, -0.05) is 19.8 Å². The maximum atomic E-state index is 12.7. The average molecular weight is 304 g/mol. The summed E-state index contributed by atoms with van der Waals surface area (Å²) in [6.07, 6.45) is 0.133. The molecule has 2 atom stereocenters. The van der Waals surface area contributed by atoms with Crippen LogP contribution in [0.5, 0.6) is 5.88 Å². The topological polar surface area (TPSA) is 73.1 Å². The molecule has 0 bridgehead atoms. The van der Waals surface area contributed by atoms with Gasteiger partial charge >= 0.3 is 6.18 Å². The van der Waals surface area contributed by atoms with Crippen LogP contribution in [0.15, 0.2) is 6.07 Å². The SMILES string of the molecule is CCC1CCCC(Oc2cc(NN)nc(C(F)(F)F)n2)C1. The molecule has 3 N–H and O–H groups in total. The predicted molar refractivity (Wildman–Crippen MR) is 71.5 cm³/mol. The van der Waals surface area contributed by atoms with Gasteiger partial charge in [-0.2, -0.15) is 18.2 Å². The van der Waals surface area contributed by atoms with Gasteiger partial charge in [0.05, 0.1) is 0 Å². The van der Waals surface area contributed by atoms with E-state index in [4.69, 9.17) is 10.6 Å². The van der Waals surface area contributed by atoms with Gasteiger partial charge in [0.2, 0.25) is 11.7 Å². The number of rotatable bonds is 4. The molecular formula is C13H19F3N4O. The predicted octanol–water partition coefficient (Wildman–Crippen LogP) is 3.13. The zero-order valence-electron chi connectivity index (χ0n) is 11.8. The number of aromatic nitrogens is 2. The van der Waals surface area contributed by atoms with Crippen molar-refractivity contribution in [2.75, 3.05) is 5.43 Å². The van der Waals surface area contributed by atoms with Crippen LogP contribution in [0.4, 0.5) is 19.0 Å². The quantitative estimate of drug-likeness (QED) is 0.660. The van der Waals surface area contributed by atoms with E-state index in [2.05, 4.69) is 22.3 Å². The Kier molecular flexibility index (Phi) is 4.87. The van der Waals surface area contributed by atoms with Crippen molar-refractivity contribution in [3.05, 3.63) is 11.9 Å². The minimum atomic E-state index is -4.64. The molecule has 5 nitrogen and oxygen atoms in total. The molecule has 1 fully saturated rings.